The van der Waals surface area contributed by atoms with Crippen LogP contribution in [0.3, 0.4) is 0 Å². The van der Waals surface area contributed by atoms with Gasteiger partial charge in [0.15, 0.2) is 0 Å². The minimum atomic E-state index is -4.64. The third-order valence-electron chi connectivity index (χ3n) is 1.97. The predicted molar refractivity (Wildman–Crippen MR) is 54.3 cm³/mol. The average molecular weight is 270 g/mol. The molecule has 0 aliphatic rings. The van der Waals surface area contributed by atoms with E-state index >= 15 is 0 Å². The Morgan fingerprint density at radius 1 is 1.59 bits per heavy atom. The standard InChI is InChI=1S/C9H10F4N2OS/c1-5-14-3-6(17-5)4-15(2)8(16)9(12,13)7(10)11/h3,7H,4H2,1-2H3. The van der Waals surface area contributed by atoms with E-state index in [1.54, 1.807) is 6.92 Å². The molecule has 0 unspecified atom stereocenters. The maximum absolute atomic E-state index is 12.7. The molecule has 0 fully saturated rings. The first-order valence-corrected chi connectivity index (χ1v) is 5.39. The van der Waals surface area contributed by atoms with Gasteiger partial charge in [0.1, 0.15) is 0 Å². The Morgan fingerprint density at radius 3 is 2.59 bits per heavy atom. The van der Waals surface area contributed by atoms with Crippen molar-refractivity contribution in [2.45, 2.75) is 25.8 Å². The first-order chi connectivity index (χ1) is 7.75. The Kier molecular flexibility index (Phi) is 4.07. The molecule has 0 aromatic carbocycles. The lowest BCUT2D eigenvalue weighted by Crippen LogP contribution is -2.45. The summed E-state index contributed by atoms with van der Waals surface area (Å²) in [7, 11) is 1.05. The van der Waals surface area contributed by atoms with Gasteiger partial charge in [0, 0.05) is 18.1 Å². The fourth-order valence-electron chi connectivity index (χ4n) is 1.13. The SMILES string of the molecule is Cc1ncc(CN(C)C(=O)C(F)(F)C(F)F)s1. The zero-order valence-electron chi connectivity index (χ0n) is 9.08. The molecule has 3 nitrogen and oxygen atoms in total. The zero-order chi connectivity index (χ0) is 13.2. The van der Waals surface area contributed by atoms with Gasteiger partial charge in [-0.05, 0) is 6.92 Å². The van der Waals surface area contributed by atoms with Crippen LogP contribution in [0, 0.1) is 6.92 Å². The molecule has 1 aromatic heterocycles. The van der Waals surface area contributed by atoms with Crippen molar-refractivity contribution in [3.8, 4) is 0 Å². The second-order valence-electron chi connectivity index (χ2n) is 3.43. The van der Waals surface area contributed by atoms with Gasteiger partial charge in [-0.3, -0.25) is 4.79 Å². The molecule has 0 atom stereocenters. The second kappa shape index (κ2) is 4.99. The highest BCUT2D eigenvalue weighted by atomic mass is 32.1. The lowest BCUT2D eigenvalue weighted by molar-refractivity contribution is -0.179. The largest absolute Gasteiger partial charge is 0.383 e. The van der Waals surface area contributed by atoms with Gasteiger partial charge in [-0.15, -0.1) is 11.3 Å². The van der Waals surface area contributed by atoms with Crippen molar-refractivity contribution < 1.29 is 22.4 Å². The molecular weight excluding hydrogens is 260 g/mol. The van der Waals surface area contributed by atoms with Gasteiger partial charge in [0.2, 0.25) is 0 Å². The molecule has 96 valence electrons. The number of hydrogen-bond acceptors (Lipinski definition) is 3. The van der Waals surface area contributed by atoms with Crippen LogP contribution >= 0.6 is 11.3 Å². The van der Waals surface area contributed by atoms with Crippen molar-refractivity contribution in [2.24, 2.45) is 0 Å². The van der Waals surface area contributed by atoms with Gasteiger partial charge in [0.05, 0.1) is 11.6 Å². The number of thiazole rings is 1. The van der Waals surface area contributed by atoms with Crippen molar-refractivity contribution in [2.75, 3.05) is 7.05 Å². The van der Waals surface area contributed by atoms with Crippen molar-refractivity contribution >= 4 is 17.2 Å². The molecule has 1 aromatic rings. The number of aryl methyl sites for hydroxylation is 1. The van der Waals surface area contributed by atoms with E-state index in [4.69, 9.17) is 0 Å². The number of alkyl halides is 4. The first-order valence-electron chi connectivity index (χ1n) is 4.58. The Balaban J connectivity index is 2.71. The summed E-state index contributed by atoms with van der Waals surface area (Å²) in [6.07, 6.45) is -2.58. The fourth-order valence-corrected chi connectivity index (χ4v) is 1.98. The van der Waals surface area contributed by atoms with Crippen LogP contribution in [0.4, 0.5) is 17.6 Å². The van der Waals surface area contributed by atoms with Gasteiger partial charge in [0.25, 0.3) is 5.91 Å². The van der Waals surface area contributed by atoms with E-state index < -0.39 is 18.3 Å². The van der Waals surface area contributed by atoms with Gasteiger partial charge in [-0.25, -0.2) is 13.8 Å². The van der Waals surface area contributed by atoms with Gasteiger partial charge < -0.3 is 4.90 Å². The number of carbonyl (C=O) groups is 1. The highest BCUT2D eigenvalue weighted by Gasteiger charge is 2.50. The van der Waals surface area contributed by atoms with Crippen LogP contribution in [0.5, 0.6) is 0 Å². The summed E-state index contributed by atoms with van der Waals surface area (Å²) in [6.45, 7) is 1.55. The number of hydrogen-bond donors (Lipinski definition) is 0. The van der Waals surface area contributed by atoms with E-state index in [9.17, 15) is 22.4 Å². The van der Waals surface area contributed by atoms with Crippen LogP contribution in [-0.2, 0) is 11.3 Å². The Morgan fingerprint density at radius 2 is 2.18 bits per heavy atom. The third-order valence-corrected chi connectivity index (χ3v) is 2.87. The Hall–Kier alpha value is -1.18. The number of amides is 1. The van der Waals surface area contributed by atoms with Crippen molar-refractivity contribution in [3.05, 3.63) is 16.1 Å². The topological polar surface area (TPSA) is 33.2 Å². The normalized spacial score (nSPS) is 11.9. The van der Waals surface area contributed by atoms with Gasteiger partial charge in [-0.2, -0.15) is 8.78 Å². The number of aromatic nitrogens is 1. The summed E-state index contributed by atoms with van der Waals surface area (Å²) in [4.78, 5) is 16.1. The minimum Gasteiger partial charge on any atom is -0.335 e. The van der Waals surface area contributed by atoms with Crippen molar-refractivity contribution in [1.29, 1.82) is 0 Å². The van der Waals surface area contributed by atoms with Gasteiger partial charge >= 0.3 is 12.3 Å². The molecule has 0 saturated heterocycles. The molecule has 0 N–H and O–H groups in total. The summed E-state index contributed by atoms with van der Waals surface area (Å²) in [5.41, 5.74) is 0. The fraction of sp³-hybridized carbons (Fsp3) is 0.556. The summed E-state index contributed by atoms with van der Waals surface area (Å²) in [6, 6.07) is 0. The summed E-state index contributed by atoms with van der Waals surface area (Å²) >= 11 is 1.22. The monoisotopic (exact) mass is 270 g/mol. The number of carbonyl (C=O) groups excluding carboxylic acids is 1. The first kappa shape index (κ1) is 13.9. The number of rotatable bonds is 4. The molecule has 0 spiro atoms. The molecule has 1 rings (SSSR count). The van der Waals surface area contributed by atoms with Crippen LogP contribution in [0.25, 0.3) is 0 Å². The molecule has 0 aliphatic heterocycles. The lowest BCUT2D eigenvalue weighted by atomic mass is 10.3. The highest BCUT2D eigenvalue weighted by Crippen LogP contribution is 2.26. The Bertz CT molecular complexity index is 407. The van der Waals surface area contributed by atoms with Crippen LogP contribution in [0.1, 0.15) is 9.88 Å². The van der Waals surface area contributed by atoms with Crippen LogP contribution in [-0.4, -0.2) is 35.2 Å². The smallest absolute Gasteiger partial charge is 0.335 e. The molecule has 0 saturated carbocycles. The molecule has 0 aliphatic carbocycles. The van der Waals surface area contributed by atoms with Crippen molar-refractivity contribution in [1.82, 2.24) is 9.88 Å². The molecular formula is C9H10F4N2OS. The van der Waals surface area contributed by atoms with Crippen LogP contribution < -0.4 is 0 Å². The average Bonchev–Trinajstić information content (AvgIpc) is 2.62. The van der Waals surface area contributed by atoms with Crippen molar-refractivity contribution in [3.63, 3.8) is 0 Å². The zero-order valence-corrected chi connectivity index (χ0v) is 9.90. The van der Waals surface area contributed by atoms with Crippen LogP contribution in [0.2, 0.25) is 0 Å². The summed E-state index contributed by atoms with van der Waals surface area (Å²) in [5, 5.41) is 0.710. The van der Waals surface area contributed by atoms with E-state index in [-0.39, 0.29) is 6.54 Å². The molecule has 0 radical (unpaired) electrons. The lowest BCUT2D eigenvalue weighted by Gasteiger charge is -2.22. The molecule has 1 amide bonds. The van der Waals surface area contributed by atoms with E-state index in [0.717, 1.165) is 7.05 Å². The maximum Gasteiger partial charge on any atom is 0.383 e. The quantitative estimate of drug-likeness (QED) is 0.787. The van der Waals surface area contributed by atoms with Gasteiger partial charge in [-0.1, -0.05) is 0 Å². The Labute approximate surface area is 99.1 Å². The van der Waals surface area contributed by atoms with E-state index in [1.807, 2.05) is 0 Å². The second-order valence-corrected chi connectivity index (χ2v) is 4.75. The summed E-state index contributed by atoms with van der Waals surface area (Å²) < 4.78 is 49.4. The third kappa shape index (κ3) is 3.15. The predicted octanol–water partition coefficient (Wildman–Crippen LogP) is 2.31. The van der Waals surface area contributed by atoms with E-state index in [2.05, 4.69) is 4.98 Å². The number of halogens is 4. The molecule has 1 heterocycles. The van der Waals surface area contributed by atoms with E-state index in [1.165, 1.54) is 17.5 Å². The van der Waals surface area contributed by atoms with E-state index in [0.29, 0.717) is 14.8 Å². The molecule has 8 heteroatoms. The summed E-state index contributed by atoms with van der Waals surface area (Å²) in [5.74, 6) is -6.53. The van der Waals surface area contributed by atoms with Crippen LogP contribution in [0.15, 0.2) is 6.20 Å². The number of nitrogens with zero attached hydrogens (tertiary/aromatic N) is 2. The highest BCUT2D eigenvalue weighted by molar-refractivity contribution is 7.11. The molecule has 17 heavy (non-hydrogen) atoms. The molecule has 0 bridgehead atoms. The minimum absolute atomic E-state index is 0.160. The maximum atomic E-state index is 12.7.